The maximum absolute atomic E-state index is 12.6. The van der Waals surface area contributed by atoms with Crippen molar-refractivity contribution in [3.63, 3.8) is 0 Å². The van der Waals surface area contributed by atoms with Gasteiger partial charge >= 0.3 is 6.03 Å². The summed E-state index contributed by atoms with van der Waals surface area (Å²) in [4.78, 5) is 16.8. The van der Waals surface area contributed by atoms with Gasteiger partial charge in [-0.05, 0) is 51.9 Å². The highest BCUT2D eigenvalue weighted by Crippen LogP contribution is 2.14. The van der Waals surface area contributed by atoms with Gasteiger partial charge < -0.3 is 15.1 Å². The van der Waals surface area contributed by atoms with Crippen molar-refractivity contribution in [1.29, 1.82) is 5.26 Å². The maximum Gasteiger partial charge on any atom is 0.317 e. The number of nitriles is 1. The fourth-order valence-corrected chi connectivity index (χ4v) is 3.23. The fraction of sp³-hybridized carbons (Fsp3) is 0.722. The summed E-state index contributed by atoms with van der Waals surface area (Å²) in [6, 6.07) is 3.98. The van der Waals surface area contributed by atoms with Gasteiger partial charge in [0, 0.05) is 19.1 Å². The summed E-state index contributed by atoms with van der Waals surface area (Å²) in [5.41, 5.74) is 1.35. The fourth-order valence-electron chi connectivity index (χ4n) is 3.23. The Morgan fingerprint density at radius 2 is 2.20 bits per heavy atom. The number of hydrogen-bond acceptors (Lipinski definition) is 4. The first kappa shape index (κ1) is 19.3. The normalized spacial score (nSPS) is 15.4. The lowest BCUT2D eigenvalue weighted by atomic mass is 10.2. The molecule has 0 fully saturated rings. The molecule has 0 aromatic carbocycles. The first-order valence-electron chi connectivity index (χ1n) is 9.32. The zero-order valence-corrected chi connectivity index (χ0v) is 15.7. The van der Waals surface area contributed by atoms with E-state index in [-0.39, 0.29) is 12.1 Å². The Morgan fingerprint density at radius 1 is 1.44 bits per heavy atom. The number of aromatic nitrogens is 2. The van der Waals surface area contributed by atoms with Crippen LogP contribution in [-0.4, -0.2) is 57.8 Å². The lowest BCUT2D eigenvalue weighted by Gasteiger charge is -2.24. The third kappa shape index (κ3) is 5.46. The van der Waals surface area contributed by atoms with Gasteiger partial charge in [-0.3, -0.25) is 4.68 Å². The van der Waals surface area contributed by atoms with E-state index in [1.165, 1.54) is 0 Å². The van der Waals surface area contributed by atoms with E-state index in [4.69, 9.17) is 5.26 Å². The number of aryl methyl sites for hydroxylation is 1. The van der Waals surface area contributed by atoms with Crippen molar-refractivity contribution < 1.29 is 4.79 Å². The van der Waals surface area contributed by atoms with Crippen LogP contribution in [-0.2, 0) is 13.1 Å². The molecule has 0 saturated carbocycles. The molecule has 0 radical (unpaired) electrons. The van der Waals surface area contributed by atoms with Gasteiger partial charge in [-0.15, -0.1) is 0 Å². The van der Waals surface area contributed by atoms with Crippen LogP contribution in [0, 0.1) is 11.3 Å². The lowest BCUT2D eigenvalue weighted by Crippen LogP contribution is -2.43. The second-order valence-corrected chi connectivity index (χ2v) is 6.65. The minimum Gasteiger partial charge on any atom is -0.336 e. The molecule has 7 heteroatoms. The van der Waals surface area contributed by atoms with Crippen LogP contribution < -0.4 is 5.32 Å². The molecule has 1 N–H and O–H groups in total. The smallest absolute Gasteiger partial charge is 0.317 e. The van der Waals surface area contributed by atoms with Crippen LogP contribution in [0.2, 0.25) is 0 Å². The number of carbonyl (C=O) groups is 1. The molecule has 1 aliphatic rings. The molecular formula is C18H30N6O. The molecule has 2 heterocycles. The summed E-state index contributed by atoms with van der Waals surface area (Å²) in [7, 11) is 0. The predicted octanol–water partition coefficient (Wildman–Crippen LogP) is 2.18. The third-order valence-corrected chi connectivity index (χ3v) is 4.79. The van der Waals surface area contributed by atoms with Gasteiger partial charge in [0.2, 0.25) is 0 Å². The Kier molecular flexibility index (Phi) is 7.26. The number of nitrogens with zero attached hydrogens (tertiary/aromatic N) is 5. The second kappa shape index (κ2) is 9.42. The van der Waals surface area contributed by atoms with Crippen molar-refractivity contribution in [3.05, 3.63) is 17.5 Å². The van der Waals surface area contributed by atoms with Crippen LogP contribution >= 0.6 is 0 Å². The molecule has 1 aromatic heterocycles. The van der Waals surface area contributed by atoms with Crippen molar-refractivity contribution in [3.8, 4) is 6.07 Å². The first-order chi connectivity index (χ1) is 12.1. The van der Waals surface area contributed by atoms with Gasteiger partial charge in [-0.1, -0.05) is 13.8 Å². The summed E-state index contributed by atoms with van der Waals surface area (Å²) in [6.07, 6.45) is 2.91. The maximum atomic E-state index is 12.6. The Bertz CT molecular complexity index is 601. The van der Waals surface area contributed by atoms with Gasteiger partial charge in [-0.25, -0.2) is 4.79 Å². The predicted molar refractivity (Wildman–Crippen MR) is 97.0 cm³/mol. The average molecular weight is 346 g/mol. The van der Waals surface area contributed by atoms with Crippen molar-refractivity contribution in [2.75, 3.05) is 26.2 Å². The van der Waals surface area contributed by atoms with E-state index in [1.807, 2.05) is 9.58 Å². The molecule has 0 unspecified atom stereocenters. The number of hydrogen-bond donors (Lipinski definition) is 1. The van der Waals surface area contributed by atoms with E-state index in [1.54, 1.807) is 6.07 Å². The van der Waals surface area contributed by atoms with Crippen LogP contribution in [0.5, 0.6) is 0 Å². The van der Waals surface area contributed by atoms with Crippen LogP contribution in [0.3, 0.4) is 0 Å². The van der Waals surface area contributed by atoms with E-state index < -0.39 is 0 Å². The molecule has 0 bridgehead atoms. The van der Waals surface area contributed by atoms with Gasteiger partial charge in [0.15, 0.2) is 5.69 Å². The number of carbonyl (C=O) groups excluding carboxylic acids is 1. The summed E-state index contributed by atoms with van der Waals surface area (Å²) in [5.74, 6) is 0. The number of fused-ring (bicyclic) bond motifs is 1. The van der Waals surface area contributed by atoms with Gasteiger partial charge in [0.1, 0.15) is 6.07 Å². The highest BCUT2D eigenvalue weighted by Gasteiger charge is 2.21. The Balaban J connectivity index is 1.82. The number of urea groups is 1. The van der Waals surface area contributed by atoms with Gasteiger partial charge in [0.25, 0.3) is 0 Å². The molecule has 1 aliphatic heterocycles. The largest absolute Gasteiger partial charge is 0.336 e. The third-order valence-electron chi connectivity index (χ3n) is 4.79. The molecule has 0 aliphatic carbocycles. The minimum absolute atomic E-state index is 0.0245. The Labute approximate surface area is 150 Å². The standard InChI is InChI=1S/C18H30N6O/c1-4-22(5-2)9-6-8-15(3)20-18(25)23-10-7-11-24-17(14-23)12-16(13-19)21-24/h12,15H,4-11,14H2,1-3H3,(H,20,25)/t15-/m1/s1. The molecule has 138 valence electrons. The van der Waals surface area contributed by atoms with Crippen LogP contribution in [0.1, 0.15) is 51.4 Å². The number of rotatable bonds is 7. The quantitative estimate of drug-likeness (QED) is 0.821. The minimum atomic E-state index is -0.0245. The SMILES string of the molecule is CCN(CC)CCC[C@@H](C)NC(=O)N1CCCn2nc(C#N)cc2C1. The van der Waals surface area contributed by atoms with Crippen LogP contribution in [0.25, 0.3) is 0 Å². The summed E-state index contributed by atoms with van der Waals surface area (Å²) in [6.45, 7) is 11.6. The molecular weight excluding hydrogens is 316 g/mol. The monoisotopic (exact) mass is 346 g/mol. The van der Waals surface area contributed by atoms with E-state index >= 15 is 0 Å². The first-order valence-corrected chi connectivity index (χ1v) is 9.32. The molecule has 25 heavy (non-hydrogen) atoms. The van der Waals surface area contributed by atoms with Crippen LogP contribution in [0.15, 0.2) is 6.07 Å². The molecule has 2 rings (SSSR count). The second-order valence-electron chi connectivity index (χ2n) is 6.65. The summed E-state index contributed by atoms with van der Waals surface area (Å²) >= 11 is 0. The molecule has 1 atom stereocenters. The Morgan fingerprint density at radius 3 is 2.88 bits per heavy atom. The lowest BCUT2D eigenvalue weighted by molar-refractivity contribution is 0.191. The zero-order valence-electron chi connectivity index (χ0n) is 15.7. The molecule has 1 aromatic rings. The molecule has 0 saturated heterocycles. The summed E-state index contributed by atoms with van der Waals surface area (Å²) in [5, 5.41) is 16.3. The van der Waals surface area contributed by atoms with E-state index in [0.717, 1.165) is 51.1 Å². The van der Waals surface area contributed by atoms with E-state index in [0.29, 0.717) is 18.8 Å². The highest BCUT2D eigenvalue weighted by molar-refractivity contribution is 5.74. The zero-order chi connectivity index (χ0) is 18.2. The molecule has 7 nitrogen and oxygen atoms in total. The van der Waals surface area contributed by atoms with Crippen molar-refractivity contribution in [2.45, 2.75) is 59.2 Å². The topological polar surface area (TPSA) is 77.2 Å². The number of nitrogens with one attached hydrogen (secondary N) is 1. The van der Waals surface area contributed by atoms with E-state index in [9.17, 15) is 4.79 Å². The molecule has 0 spiro atoms. The highest BCUT2D eigenvalue weighted by atomic mass is 16.2. The Hall–Kier alpha value is -2.07. The van der Waals surface area contributed by atoms with Crippen molar-refractivity contribution in [2.24, 2.45) is 0 Å². The van der Waals surface area contributed by atoms with Gasteiger partial charge in [-0.2, -0.15) is 10.4 Å². The summed E-state index contributed by atoms with van der Waals surface area (Å²) < 4.78 is 1.85. The van der Waals surface area contributed by atoms with Crippen molar-refractivity contribution in [1.82, 2.24) is 24.9 Å². The van der Waals surface area contributed by atoms with Crippen LogP contribution in [0.4, 0.5) is 4.79 Å². The molecule has 2 amide bonds. The van der Waals surface area contributed by atoms with Gasteiger partial charge in [0.05, 0.1) is 12.2 Å². The van der Waals surface area contributed by atoms with E-state index in [2.05, 4.69) is 42.2 Å². The van der Waals surface area contributed by atoms with Crippen molar-refractivity contribution >= 4 is 6.03 Å². The average Bonchev–Trinajstić information content (AvgIpc) is 2.89. The number of amides is 2.